The number of carbonyl (C=O) groups excluding carboxylic acids is 2. The van der Waals surface area contributed by atoms with Gasteiger partial charge >= 0.3 is 0 Å². The number of rotatable bonds is 12. The summed E-state index contributed by atoms with van der Waals surface area (Å²) < 4.78 is 48.7. The summed E-state index contributed by atoms with van der Waals surface area (Å²) in [7, 11) is -4.30. The SMILES string of the molecule is CCOc1ccc(N(CC(=O)N(Cc2cccc(Br)c2)C(C)C(=O)NC2CCCC2)S(=O)(=O)c2ccc(F)cc2)cc1. The molecule has 0 radical (unpaired) electrons. The quantitative estimate of drug-likeness (QED) is 0.271. The number of nitrogens with one attached hydrogen (secondary N) is 1. The molecule has 2 amide bonds. The lowest BCUT2D eigenvalue weighted by Gasteiger charge is -2.32. The molecule has 1 aliphatic carbocycles. The fourth-order valence-electron chi connectivity index (χ4n) is 4.94. The fraction of sp³-hybridized carbons (Fsp3) is 0.355. The lowest BCUT2D eigenvalue weighted by molar-refractivity contribution is -0.139. The Labute approximate surface area is 255 Å². The Morgan fingerprint density at radius 1 is 1.05 bits per heavy atom. The van der Waals surface area contributed by atoms with Crippen LogP contribution in [0.3, 0.4) is 0 Å². The van der Waals surface area contributed by atoms with Crippen LogP contribution in [-0.4, -0.2) is 50.4 Å². The number of hydrogen-bond donors (Lipinski definition) is 1. The first-order chi connectivity index (χ1) is 20.1. The highest BCUT2D eigenvalue weighted by molar-refractivity contribution is 9.10. The number of anilines is 1. The number of benzene rings is 3. The van der Waals surface area contributed by atoms with Crippen LogP contribution in [-0.2, 0) is 26.2 Å². The summed E-state index contributed by atoms with van der Waals surface area (Å²) in [4.78, 5) is 28.6. The predicted octanol–water partition coefficient (Wildman–Crippen LogP) is 5.66. The molecule has 3 aromatic rings. The molecule has 1 saturated carbocycles. The van der Waals surface area contributed by atoms with Crippen LogP contribution in [0.25, 0.3) is 0 Å². The van der Waals surface area contributed by atoms with Crippen LogP contribution in [0.4, 0.5) is 10.1 Å². The topological polar surface area (TPSA) is 96.0 Å². The number of amides is 2. The van der Waals surface area contributed by atoms with Crippen LogP contribution in [0, 0.1) is 5.82 Å². The van der Waals surface area contributed by atoms with E-state index in [1.54, 1.807) is 31.2 Å². The smallest absolute Gasteiger partial charge is 0.264 e. The minimum atomic E-state index is -4.30. The second-order valence-electron chi connectivity index (χ2n) is 10.2. The summed E-state index contributed by atoms with van der Waals surface area (Å²) in [5.41, 5.74) is 0.994. The fourth-order valence-corrected chi connectivity index (χ4v) is 6.81. The van der Waals surface area contributed by atoms with E-state index in [4.69, 9.17) is 4.74 Å². The molecule has 42 heavy (non-hydrogen) atoms. The zero-order valence-corrected chi connectivity index (χ0v) is 26.0. The highest BCUT2D eigenvalue weighted by Crippen LogP contribution is 2.27. The van der Waals surface area contributed by atoms with E-state index in [0.29, 0.717) is 12.4 Å². The monoisotopic (exact) mass is 659 g/mol. The molecule has 0 saturated heterocycles. The maximum absolute atomic E-state index is 14.0. The molecule has 8 nitrogen and oxygen atoms in total. The Morgan fingerprint density at radius 3 is 2.33 bits per heavy atom. The molecule has 0 heterocycles. The molecule has 0 aliphatic heterocycles. The summed E-state index contributed by atoms with van der Waals surface area (Å²) in [6.45, 7) is 3.42. The van der Waals surface area contributed by atoms with Gasteiger partial charge in [0.25, 0.3) is 10.0 Å². The average Bonchev–Trinajstić information content (AvgIpc) is 3.48. The van der Waals surface area contributed by atoms with Crippen LogP contribution in [0.15, 0.2) is 82.2 Å². The van der Waals surface area contributed by atoms with Crippen LogP contribution in [0.2, 0.25) is 0 Å². The van der Waals surface area contributed by atoms with Crippen molar-refractivity contribution >= 4 is 43.5 Å². The van der Waals surface area contributed by atoms with Crippen molar-refractivity contribution in [1.29, 1.82) is 0 Å². The summed E-state index contributed by atoms with van der Waals surface area (Å²) in [5, 5.41) is 3.05. The molecule has 0 spiro atoms. The van der Waals surface area contributed by atoms with Crippen LogP contribution >= 0.6 is 15.9 Å². The van der Waals surface area contributed by atoms with Gasteiger partial charge in [0, 0.05) is 17.1 Å². The molecule has 1 unspecified atom stereocenters. The molecule has 4 rings (SSSR count). The van der Waals surface area contributed by atoms with Gasteiger partial charge in [-0.05, 0) is 92.9 Å². The lowest BCUT2D eigenvalue weighted by Crippen LogP contribution is -2.52. The number of ether oxygens (including phenoxy) is 1. The normalized spacial score (nSPS) is 14.3. The van der Waals surface area contributed by atoms with E-state index in [9.17, 15) is 22.4 Å². The van der Waals surface area contributed by atoms with Crippen LogP contribution in [0.1, 0.15) is 45.1 Å². The number of carbonyl (C=O) groups is 2. The molecule has 11 heteroatoms. The number of nitrogens with zero attached hydrogens (tertiary/aromatic N) is 2. The van der Waals surface area contributed by atoms with Gasteiger partial charge in [-0.15, -0.1) is 0 Å². The van der Waals surface area contributed by atoms with Crippen molar-refractivity contribution in [2.24, 2.45) is 0 Å². The van der Waals surface area contributed by atoms with Gasteiger partial charge < -0.3 is 15.0 Å². The Hall–Kier alpha value is -3.44. The van der Waals surface area contributed by atoms with Gasteiger partial charge in [0.2, 0.25) is 11.8 Å². The number of halogens is 2. The predicted molar refractivity (Wildman–Crippen MR) is 163 cm³/mol. The van der Waals surface area contributed by atoms with E-state index in [0.717, 1.165) is 64.3 Å². The lowest BCUT2D eigenvalue weighted by atomic mass is 10.1. The Morgan fingerprint density at radius 2 is 1.71 bits per heavy atom. The second kappa shape index (κ2) is 14.2. The first-order valence-corrected chi connectivity index (χ1v) is 16.2. The minimum absolute atomic E-state index is 0.0574. The Bertz CT molecular complexity index is 1480. The molecular weight excluding hydrogens is 625 g/mol. The minimum Gasteiger partial charge on any atom is -0.494 e. The molecule has 1 aliphatic rings. The molecule has 1 fully saturated rings. The van der Waals surface area contributed by atoms with E-state index in [1.807, 2.05) is 31.2 Å². The molecule has 0 aromatic heterocycles. The van der Waals surface area contributed by atoms with E-state index in [1.165, 1.54) is 4.90 Å². The highest BCUT2D eigenvalue weighted by Gasteiger charge is 2.33. The van der Waals surface area contributed by atoms with E-state index in [-0.39, 0.29) is 29.1 Å². The second-order valence-corrected chi connectivity index (χ2v) is 13.0. The van der Waals surface area contributed by atoms with Gasteiger partial charge in [-0.3, -0.25) is 13.9 Å². The third-order valence-electron chi connectivity index (χ3n) is 7.23. The van der Waals surface area contributed by atoms with Gasteiger partial charge in [-0.25, -0.2) is 12.8 Å². The third kappa shape index (κ3) is 7.89. The molecule has 3 aromatic carbocycles. The van der Waals surface area contributed by atoms with Crippen molar-refractivity contribution in [1.82, 2.24) is 10.2 Å². The van der Waals surface area contributed by atoms with Crippen molar-refractivity contribution in [2.45, 2.75) is 63.1 Å². The molecule has 224 valence electrons. The summed E-state index contributed by atoms with van der Waals surface area (Å²) in [5.74, 6) is -0.900. The van der Waals surface area contributed by atoms with Crippen molar-refractivity contribution < 1.29 is 27.1 Å². The number of hydrogen-bond acceptors (Lipinski definition) is 5. The van der Waals surface area contributed by atoms with Gasteiger partial charge in [-0.2, -0.15) is 0 Å². The summed E-state index contributed by atoms with van der Waals surface area (Å²) >= 11 is 3.45. The zero-order valence-electron chi connectivity index (χ0n) is 23.6. The van der Waals surface area contributed by atoms with Gasteiger partial charge in [0.1, 0.15) is 24.2 Å². The largest absolute Gasteiger partial charge is 0.494 e. The highest BCUT2D eigenvalue weighted by atomic mass is 79.9. The Balaban J connectivity index is 1.69. The molecule has 0 bridgehead atoms. The first kappa shape index (κ1) is 31.5. The van der Waals surface area contributed by atoms with Crippen molar-refractivity contribution in [3.05, 3.63) is 88.6 Å². The third-order valence-corrected chi connectivity index (χ3v) is 9.51. The van der Waals surface area contributed by atoms with Crippen molar-refractivity contribution in [3.8, 4) is 5.75 Å². The molecular formula is C31H35BrFN3O5S. The van der Waals surface area contributed by atoms with Crippen LogP contribution in [0.5, 0.6) is 5.75 Å². The van der Waals surface area contributed by atoms with E-state index in [2.05, 4.69) is 21.2 Å². The van der Waals surface area contributed by atoms with Crippen molar-refractivity contribution in [3.63, 3.8) is 0 Å². The van der Waals surface area contributed by atoms with Gasteiger partial charge in [0.15, 0.2) is 0 Å². The van der Waals surface area contributed by atoms with Crippen molar-refractivity contribution in [2.75, 3.05) is 17.5 Å². The van der Waals surface area contributed by atoms with E-state index >= 15 is 0 Å². The maximum atomic E-state index is 14.0. The van der Waals surface area contributed by atoms with Crippen LogP contribution < -0.4 is 14.4 Å². The standard InChI is InChI=1S/C31H35BrFN3O5S/c1-3-41-28-15-13-27(14-16-28)36(42(39,40)29-17-11-25(33)12-18-29)21-30(37)35(20-23-7-6-8-24(32)19-23)22(2)31(38)34-26-9-4-5-10-26/h6-8,11-19,22,26H,3-5,9-10,20-21H2,1-2H3,(H,34,38). The molecule has 1 atom stereocenters. The summed E-state index contributed by atoms with van der Waals surface area (Å²) in [6.07, 6.45) is 3.86. The van der Waals surface area contributed by atoms with Gasteiger partial charge in [-0.1, -0.05) is 40.9 Å². The average molecular weight is 661 g/mol. The summed E-state index contributed by atoms with van der Waals surface area (Å²) in [6, 6.07) is 17.3. The number of sulfonamides is 1. The zero-order chi connectivity index (χ0) is 30.3. The molecule has 1 N–H and O–H groups in total. The first-order valence-electron chi connectivity index (χ1n) is 13.9. The maximum Gasteiger partial charge on any atom is 0.264 e. The van der Waals surface area contributed by atoms with E-state index < -0.39 is 34.3 Å². The van der Waals surface area contributed by atoms with Gasteiger partial charge in [0.05, 0.1) is 17.2 Å². The Kier molecular flexibility index (Phi) is 10.6.